The molecule has 0 spiro atoms. The maximum absolute atomic E-state index is 13.8. The molecule has 3 N–H and O–H groups in total. The van der Waals surface area contributed by atoms with E-state index in [4.69, 9.17) is 0 Å². The molecule has 6 nitrogen and oxygen atoms in total. The molecule has 2 amide bonds. The van der Waals surface area contributed by atoms with Gasteiger partial charge in [-0.3, -0.25) is 9.59 Å². The third-order valence-corrected chi connectivity index (χ3v) is 7.04. The molecular formula is C34H33FN4O2. The molecule has 0 bridgehead atoms. The molecule has 208 valence electrons. The molecular weight excluding hydrogens is 515 g/mol. The van der Waals surface area contributed by atoms with Gasteiger partial charge in [0, 0.05) is 36.4 Å². The smallest absolute Gasteiger partial charge is 0.258 e. The fraction of sp³-hybridized carbons (Fsp3) is 0.176. The standard InChI is InChI=1S/C34H33FN4O2/c1-2-31(40)39(22-21-36-20-19-24-9-5-3-6-10-24)28-16-14-27(15-17-28)37-33(25-11-7-4-8-12-25)32-29-18-13-26(35)23-30(29)38-34(32)41/h3-18,23,36-37H,2,19-22H2,1H3,(H,38,41)/b33-32-. The fourth-order valence-corrected chi connectivity index (χ4v) is 4.93. The lowest BCUT2D eigenvalue weighted by atomic mass is 10.00. The predicted molar refractivity (Wildman–Crippen MR) is 164 cm³/mol. The van der Waals surface area contributed by atoms with Gasteiger partial charge in [-0.1, -0.05) is 67.6 Å². The van der Waals surface area contributed by atoms with Crippen molar-refractivity contribution in [1.29, 1.82) is 0 Å². The lowest BCUT2D eigenvalue weighted by molar-refractivity contribution is -0.118. The molecule has 4 aromatic rings. The van der Waals surface area contributed by atoms with E-state index in [1.807, 2.05) is 79.7 Å². The number of fused-ring (bicyclic) bond motifs is 1. The van der Waals surface area contributed by atoms with Gasteiger partial charge in [0.2, 0.25) is 5.91 Å². The van der Waals surface area contributed by atoms with E-state index in [2.05, 4.69) is 28.1 Å². The number of carbonyl (C=O) groups is 2. The van der Waals surface area contributed by atoms with Crippen LogP contribution in [0.2, 0.25) is 0 Å². The number of nitrogens with one attached hydrogen (secondary N) is 3. The maximum Gasteiger partial charge on any atom is 0.258 e. The van der Waals surface area contributed by atoms with Crippen molar-refractivity contribution in [2.75, 3.05) is 35.2 Å². The zero-order chi connectivity index (χ0) is 28.6. The highest BCUT2D eigenvalue weighted by Gasteiger charge is 2.28. The molecule has 0 saturated carbocycles. The topological polar surface area (TPSA) is 73.5 Å². The zero-order valence-corrected chi connectivity index (χ0v) is 23.0. The van der Waals surface area contributed by atoms with Crippen LogP contribution in [0.1, 0.15) is 30.0 Å². The largest absolute Gasteiger partial charge is 0.354 e. The number of halogens is 1. The van der Waals surface area contributed by atoms with Crippen LogP contribution in [0.15, 0.2) is 103 Å². The van der Waals surface area contributed by atoms with E-state index in [0.29, 0.717) is 42.0 Å². The third kappa shape index (κ3) is 6.70. The first-order valence-corrected chi connectivity index (χ1v) is 13.9. The Balaban J connectivity index is 1.33. The van der Waals surface area contributed by atoms with Crippen LogP contribution < -0.4 is 20.9 Å². The highest BCUT2D eigenvalue weighted by molar-refractivity contribution is 6.37. The molecule has 41 heavy (non-hydrogen) atoms. The fourth-order valence-electron chi connectivity index (χ4n) is 4.93. The van der Waals surface area contributed by atoms with Crippen LogP contribution in [-0.2, 0) is 16.0 Å². The predicted octanol–water partition coefficient (Wildman–Crippen LogP) is 6.33. The second kappa shape index (κ2) is 13.1. The van der Waals surface area contributed by atoms with E-state index in [1.54, 1.807) is 11.0 Å². The summed E-state index contributed by atoms with van der Waals surface area (Å²) < 4.78 is 13.8. The summed E-state index contributed by atoms with van der Waals surface area (Å²) in [5.74, 6) is -0.658. The van der Waals surface area contributed by atoms with Crippen LogP contribution in [-0.4, -0.2) is 31.4 Å². The Hall–Kier alpha value is -4.75. The minimum absolute atomic E-state index is 0.0501. The van der Waals surface area contributed by atoms with E-state index in [1.165, 1.54) is 17.7 Å². The molecule has 0 fully saturated rings. The van der Waals surface area contributed by atoms with Crippen LogP contribution in [0, 0.1) is 5.82 Å². The number of amides is 2. The Morgan fingerprint density at radius 2 is 1.59 bits per heavy atom. The number of benzene rings is 4. The van der Waals surface area contributed by atoms with Crippen LogP contribution in [0.25, 0.3) is 11.3 Å². The first kappa shape index (κ1) is 27.8. The van der Waals surface area contributed by atoms with Crippen molar-refractivity contribution < 1.29 is 14.0 Å². The van der Waals surface area contributed by atoms with Crippen molar-refractivity contribution >= 4 is 40.1 Å². The van der Waals surface area contributed by atoms with Crippen molar-refractivity contribution in [1.82, 2.24) is 5.32 Å². The van der Waals surface area contributed by atoms with Crippen molar-refractivity contribution in [3.05, 3.63) is 126 Å². The second-order valence-electron chi connectivity index (χ2n) is 9.82. The van der Waals surface area contributed by atoms with Gasteiger partial charge in [0.15, 0.2) is 0 Å². The summed E-state index contributed by atoms with van der Waals surface area (Å²) in [7, 11) is 0. The Labute approximate surface area is 239 Å². The number of hydrogen-bond donors (Lipinski definition) is 3. The molecule has 0 saturated heterocycles. The summed E-state index contributed by atoms with van der Waals surface area (Å²) in [5.41, 5.74) is 5.81. The van der Waals surface area contributed by atoms with E-state index in [0.717, 1.165) is 29.9 Å². The summed E-state index contributed by atoms with van der Waals surface area (Å²) in [6, 6.07) is 31.8. The van der Waals surface area contributed by atoms with Gasteiger partial charge in [0.1, 0.15) is 5.82 Å². The van der Waals surface area contributed by atoms with Gasteiger partial charge in [0.25, 0.3) is 5.91 Å². The highest BCUT2D eigenvalue weighted by atomic mass is 19.1. The van der Waals surface area contributed by atoms with Crippen molar-refractivity contribution in [2.24, 2.45) is 0 Å². The SMILES string of the molecule is CCC(=O)N(CCNCCc1ccccc1)c1ccc(N/C(=C2\C(=O)Nc3cc(F)ccc32)c2ccccc2)cc1. The highest BCUT2D eigenvalue weighted by Crippen LogP contribution is 2.38. The molecule has 0 atom stereocenters. The number of carbonyl (C=O) groups excluding carboxylic acids is 2. The Bertz CT molecular complexity index is 1540. The van der Waals surface area contributed by atoms with Crippen LogP contribution in [0.3, 0.4) is 0 Å². The van der Waals surface area contributed by atoms with Gasteiger partial charge in [-0.25, -0.2) is 4.39 Å². The Morgan fingerprint density at radius 1 is 0.878 bits per heavy atom. The molecule has 0 radical (unpaired) electrons. The van der Waals surface area contributed by atoms with Gasteiger partial charge in [0.05, 0.1) is 17.0 Å². The van der Waals surface area contributed by atoms with E-state index < -0.39 is 5.82 Å². The normalized spacial score (nSPS) is 13.4. The van der Waals surface area contributed by atoms with Gasteiger partial charge >= 0.3 is 0 Å². The van der Waals surface area contributed by atoms with Crippen molar-refractivity contribution in [3.8, 4) is 0 Å². The molecule has 1 heterocycles. The molecule has 1 aliphatic heterocycles. The molecule has 0 aliphatic carbocycles. The zero-order valence-electron chi connectivity index (χ0n) is 23.0. The van der Waals surface area contributed by atoms with Crippen LogP contribution in [0.4, 0.5) is 21.5 Å². The number of nitrogens with zero attached hydrogens (tertiary/aromatic N) is 1. The molecule has 1 aliphatic rings. The summed E-state index contributed by atoms with van der Waals surface area (Å²) in [6.07, 6.45) is 1.34. The number of anilines is 3. The van der Waals surface area contributed by atoms with Gasteiger partial charge in [-0.15, -0.1) is 0 Å². The quantitative estimate of drug-likeness (QED) is 0.151. The molecule has 5 rings (SSSR count). The lowest BCUT2D eigenvalue weighted by Gasteiger charge is -2.23. The Morgan fingerprint density at radius 3 is 2.29 bits per heavy atom. The minimum Gasteiger partial charge on any atom is -0.354 e. The monoisotopic (exact) mass is 548 g/mol. The molecule has 0 unspecified atom stereocenters. The second-order valence-corrected chi connectivity index (χ2v) is 9.82. The van der Waals surface area contributed by atoms with E-state index >= 15 is 0 Å². The average Bonchev–Trinajstić information content (AvgIpc) is 3.33. The number of rotatable bonds is 11. The van der Waals surface area contributed by atoms with Crippen LogP contribution in [0.5, 0.6) is 0 Å². The third-order valence-electron chi connectivity index (χ3n) is 7.04. The van der Waals surface area contributed by atoms with E-state index in [9.17, 15) is 14.0 Å². The lowest BCUT2D eigenvalue weighted by Crippen LogP contribution is -2.37. The van der Waals surface area contributed by atoms with Gasteiger partial charge in [-0.05, 0) is 66.6 Å². The summed E-state index contributed by atoms with van der Waals surface area (Å²) >= 11 is 0. The average molecular weight is 549 g/mol. The minimum atomic E-state index is -0.410. The molecule has 4 aromatic carbocycles. The maximum atomic E-state index is 13.8. The summed E-state index contributed by atoms with van der Waals surface area (Å²) in [5, 5.41) is 9.64. The van der Waals surface area contributed by atoms with Crippen molar-refractivity contribution in [3.63, 3.8) is 0 Å². The first-order chi connectivity index (χ1) is 20.0. The summed E-state index contributed by atoms with van der Waals surface area (Å²) in [6.45, 7) is 3.93. The number of hydrogen-bond acceptors (Lipinski definition) is 4. The Kier molecular flexibility index (Phi) is 8.86. The van der Waals surface area contributed by atoms with Gasteiger partial charge in [-0.2, -0.15) is 0 Å². The summed E-state index contributed by atoms with van der Waals surface area (Å²) in [4.78, 5) is 27.6. The molecule has 0 aromatic heterocycles. The van der Waals surface area contributed by atoms with Crippen LogP contribution >= 0.6 is 0 Å². The first-order valence-electron chi connectivity index (χ1n) is 13.9. The molecule has 7 heteroatoms. The van der Waals surface area contributed by atoms with Crippen molar-refractivity contribution in [2.45, 2.75) is 19.8 Å². The van der Waals surface area contributed by atoms with Gasteiger partial charge < -0.3 is 20.9 Å². The van der Waals surface area contributed by atoms with E-state index in [-0.39, 0.29) is 11.8 Å².